The molecule has 1 aromatic heterocycles. The third-order valence-corrected chi connectivity index (χ3v) is 3.08. The first-order chi connectivity index (χ1) is 10.1. The summed E-state index contributed by atoms with van der Waals surface area (Å²) >= 11 is 0. The van der Waals surface area contributed by atoms with Crippen molar-refractivity contribution in [3.63, 3.8) is 0 Å². The lowest BCUT2D eigenvalue weighted by atomic mass is 10.1. The number of rotatable bonds is 6. The second-order valence-corrected chi connectivity index (χ2v) is 4.96. The Bertz CT molecular complexity index is 650. The second kappa shape index (κ2) is 7.38. The number of anilines is 1. The van der Waals surface area contributed by atoms with Gasteiger partial charge >= 0.3 is 0 Å². The zero-order chi connectivity index (χ0) is 15.1. The van der Waals surface area contributed by atoms with Crippen LogP contribution in [0.25, 0.3) is 0 Å². The number of aryl methyl sites for hydroxylation is 2. The van der Waals surface area contributed by atoms with Gasteiger partial charge in [0.05, 0.1) is 0 Å². The van der Waals surface area contributed by atoms with Crippen LogP contribution in [-0.4, -0.2) is 15.9 Å². The summed E-state index contributed by atoms with van der Waals surface area (Å²) in [6, 6.07) is 11.8. The molecule has 0 aliphatic rings. The molecule has 110 valence electrons. The maximum absolute atomic E-state index is 11.5. The summed E-state index contributed by atoms with van der Waals surface area (Å²) in [6.45, 7) is 1.38. The molecule has 0 aliphatic carbocycles. The highest BCUT2D eigenvalue weighted by Gasteiger charge is 2.03. The van der Waals surface area contributed by atoms with E-state index >= 15 is 0 Å². The SMILES string of the molecule is CC(=O)Nc1nc(CCCCc2ccccc2)cc(=O)[nH]1. The predicted octanol–water partition coefficient (Wildman–Crippen LogP) is 2.29. The number of H-pyrrole nitrogens is 1. The van der Waals surface area contributed by atoms with E-state index in [1.807, 2.05) is 18.2 Å². The lowest BCUT2D eigenvalue weighted by Gasteiger charge is -2.05. The Morgan fingerprint density at radius 3 is 2.62 bits per heavy atom. The van der Waals surface area contributed by atoms with Gasteiger partial charge in [-0.2, -0.15) is 0 Å². The van der Waals surface area contributed by atoms with Gasteiger partial charge in [0, 0.05) is 18.7 Å². The maximum Gasteiger partial charge on any atom is 0.252 e. The first kappa shape index (κ1) is 15.0. The molecule has 0 unspecified atom stereocenters. The number of aromatic nitrogens is 2. The van der Waals surface area contributed by atoms with E-state index in [1.54, 1.807) is 0 Å². The van der Waals surface area contributed by atoms with E-state index in [1.165, 1.54) is 18.6 Å². The van der Waals surface area contributed by atoms with E-state index in [0.29, 0.717) is 5.69 Å². The van der Waals surface area contributed by atoms with Gasteiger partial charge in [0.15, 0.2) is 0 Å². The number of amides is 1. The zero-order valence-electron chi connectivity index (χ0n) is 12.1. The second-order valence-electron chi connectivity index (χ2n) is 4.96. The van der Waals surface area contributed by atoms with Gasteiger partial charge in [0.25, 0.3) is 5.56 Å². The Balaban J connectivity index is 1.86. The van der Waals surface area contributed by atoms with E-state index in [4.69, 9.17) is 0 Å². The van der Waals surface area contributed by atoms with Crippen LogP contribution in [0.2, 0.25) is 0 Å². The van der Waals surface area contributed by atoms with Crippen LogP contribution in [0.4, 0.5) is 5.95 Å². The quantitative estimate of drug-likeness (QED) is 0.800. The van der Waals surface area contributed by atoms with Crippen LogP contribution >= 0.6 is 0 Å². The van der Waals surface area contributed by atoms with E-state index in [9.17, 15) is 9.59 Å². The van der Waals surface area contributed by atoms with Crippen molar-refractivity contribution >= 4 is 11.9 Å². The number of carbonyl (C=O) groups excluding carboxylic acids is 1. The van der Waals surface area contributed by atoms with Gasteiger partial charge in [0.1, 0.15) is 0 Å². The van der Waals surface area contributed by atoms with Crippen molar-refractivity contribution in [1.82, 2.24) is 9.97 Å². The third kappa shape index (κ3) is 5.22. The molecule has 1 heterocycles. The zero-order valence-corrected chi connectivity index (χ0v) is 12.1. The van der Waals surface area contributed by atoms with Crippen LogP contribution in [0.15, 0.2) is 41.2 Å². The fourth-order valence-electron chi connectivity index (χ4n) is 2.14. The van der Waals surface area contributed by atoms with Gasteiger partial charge < -0.3 is 0 Å². The molecule has 1 amide bonds. The minimum Gasteiger partial charge on any atom is -0.296 e. The molecule has 1 aromatic carbocycles. The molecular weight excluding hydrogens is 266 g/mol. The molecule has 5 heteroatoms. The summed E-state index contributed by atoms with van der Waals surface area (Å²) in [5.74, 6) is -0.0348. The molecule has 0 saturated carbocycles. The fraction of sp³-hybridized carbons (Fsp3) is 0.312. The van der Waals surface area contributed by atoms with Crippen LogP contribution in [0.1, 0.15) is 31.0 Å². The van der Waals surface area contributed by atoms with Crippen LogP contribution < -0.4 is 10.9 Å². The van der Waals surface area contributed by atoms with Crippen molar-refractivity contribution in [1.29, 1.82) is 0 Å². The highest BCUT2D eigenvalue weighted by Crippen LogP contribution is 2.08. The molecule has 0 bridgehead atoms. The lowest BCUT2D eigenvalue weighted by Crippen LogP contribution is -2.16. The number of unbranched alkanes of at least 4 members (excludes halogenated alkanes) is 1. The molecule has 0 fully saturated rings. The monoisotopic (exact) mass is 285 g/mol. The number of hydrogen-bond acceptors (Lipinski definition) is 3. The molecule has 21 heavy (non-hydrogen) atoms. The van der Waals surface area contributed by atoms with Crippen LogP contribution in [-0.2, 0) is 17.6 Å². The van der Waals surface area contributed by atoms with E-state index in [-0.39, 0.29) is 17.4 Å². The number of hydrogen-bond donors (Lipinski definition) is 2. The standard InChI is InChI=1S/C16H19N3O2/c1-12(20)17-16-18-14(11-15(21)19-16)10-6-5-9-13-7-3-2-4-8-13/h2-4,7-8,11H,5-6,9-10H2,1H3,(H2,17,18,19,20,21). The Morgan fingerprint density at radius 1 is 1.19 bits per heavy atom. The maximum atomic E-state index is 11.5. The Labute approximate surface area is 123 Å². The average molecular weight is 285 g/mol. The van der Waals surface area contributed by atoms with Gasteiger partial charge in [-0.25, -0.2) is 4.98 Å². The largest absolute Gasteiger partial charge is 0.296 e. The molecule has 5 nitrogen and oxygen atoms in total. The van der Waals surface area contributed by atoms with Gasteiger partial charge in [-0.05, 0) is 31.2 Å². The summed E-state index contributed by atoms with van der Waals surface area (Å²) in [5.41, 5.74) is 1.78. The highest BCUT2D eigenvalue weighted by molar-refractivity contribution is 5.86. The van der Waals surface area contributed by atoms with Crippen LogP contribution in [0.3, 0.4) is 0 Å². The van der Waals surface area contributed by atoms with Gasteiger partial charge in [0.2, 0.25) is 11.9 Å². The van der Waals surface area contributed by atoms with E-state index < -0.39 is 0 Å². The van der Waals surface area contributed by atoms with Crippen molar-refractivity contribution in [3.05, 3.63) is 58.0 Å². The third-order valence-electron chi connectivity index (χ3n) is 3.08. The van der Waals surface area contributed by atoms with Crippen molar-refractivity contribution < 1.29 is 4.79 Å². The Kier molecular flexibility index (Phi) is 5.26. The Hall–Kier alpha value is -2.43. The summed E-state index contributed by atoms with van der Waals surface area (Å²) in [5, 5.41) is 2.50. The van der Waals surface area contributed by atoms with Crippen LogP contribution in [0, 0.1) is 0 Å². The van der Waals surface area contributed by atoms with Gasteiger partial charge in [-0.3, -0.25) is 19.9 Å². The number of aromatic amines is 1. The lowest BCUT2D eigenvalue weighted by molar-refractivity contribution is -0.114. The molecule has 0 spiro atoms. The summed E-state index contributed by atoms with van der Waals surface area (Å²) < 4.78 is 0. The van der Waals surface area contributed by atoms with Crippen molar-refractivity contribution in [2.75, 3.05) is 5.32 Å². The molecule has 2 aromatic rings. The molecule has 2 N–H and O–H groups in total. The number of nitrogens with one attached hydrogen (secondary N) is 2. The summed E-state index contributed by atoms with van der Waals surface area (Å²) in [4.78, 5) is 29.2. The molecule has 0 saturated heterocycles. The van der Waals surface area contributed by atoms with E-state index in [2.05, 4.69) is 27.4 Å². The molecule has 0 aliphatic heterocycles. The predicted molar refractivity (Wildman–Crippen MR) is 82.2 cm³/mol. The normalized spacial score (nSPS) is 10.3. The average Bonchev–Trinajstić information content (AvgIpc) is 2.43. The minimum atomic E-state index is -0.251. The Morgan fingerprint density at radius 2 is 1.90 bits per heavy atom. The number of benzene rings is 1. The van der Waals surface area contributed by atoms with Crippen molar-refractivity contribution in [2.24, 2.45) is 0 Å². The van der Waals surface area contributed by atoms with Gasteiger partial charge in [-0.15, -0.1) is 0 Å². The smallest absolute Gasteiger partial charge is 0.252 e. The highest BCUT2D eigenvalue weighted by atomic mass is 16.1. The van der Waals surface area contributed by atoms with Crippen LogP contribution in [0.5, 0.6) is 0 Å². The fourth-order valence-corrected chi connectivity index (χ4v) is 2.14. The van der Waals surface area contributed by atoms with Gasteiger partial charge in [-0.1, -0.05) is 30.3 Å². The molecule has 0 atom stereocenters. The minimum absolute atomic E-state index is 0.216. The van der Waals surface area contributed by atoms with Crippen molar-refractivity contribution in [3.8, 4) is 0 Å². The topological polar surface area (TPSA) is 74.8 Å². The summed E-state index contributed by atoms with van der Waals surface area (Å²) in [7, 11) is 0. The summed E-state index contributed by atoms with van der Waals surface area (Å²) in [6.07, 6.45) is 3.73. The molecular formula is C16H19N3O2. The molecule has 2 rings (SSSR count). The first-order valence-electron chi connectivity index (χ1n) is 7.05. The van der Waals surface area contributed by atoms with E-state index in [0.717, 1.165) is 25.7 Å². The number of nitrogens with zero attached hydrogens (tertiary/aromatic N) is 1. The number of carbonyl (C=O) groups is 1. The molecule has 0 radical (unpaired) electrons. The first-order valence-corrected chi connectivity index (χ1v) is 7.05. The van der Waals surface area contributed by atoms with Crippen molar-refractivity contribution in [2.45, 2.75) is 32.6 Å².